The van der Waals surface area contributed by atoms with Crippen LogP contribution in [-0.4, -0.2) is 12.5 Å². The summed E-state index contributed by atoms with van der Waals surface area (Å²) >= 11 is 0. The molecule has 0 saturated heterocycles. The van der Waals surface area contributed by atoms with E-state index in [0.29, 0.717) is 16.7 Å². The van der Waals surface area contributed by atoms with Gasteiger partial charge in [0, 0.05) is 12.5 Å². The number of hydrogen-bond donors (Lipinski definition) is 2. The molecular weight excluding hydrogens is 234 g/mol. The first-order valence-electron chi connectivity index (χ1n) is 7.49. The van der Waals surface area contributed by atoms with Crippen LogP contribution in [0.5, 0.6) is 0 Å². The summed E-state index contributed by atoms with van der Waals surface area (Å²) in [5.74, 6) is 1.46. The van der Waals surface area contributed by atoms with Gasteiger partial charge in [0.25, 0.3) is 0 Å². The van der Waals surface area contributed by atoms with E-state index in [1.54, 1.807) is 0 Å². The number of nitrogens with zero attached hydrogens (tertiary/aromatic N) is 1. The molecule has 1 fully saturated rings. The summed E-state index contributed by atoms with van der Waals surface area (Å²) < 4.78 is 0. The maximum absolute atomic E-state index is 5.53. The minimum atomic E-state index is 0.216. The van der Waals surface area contributed by atoms with Crippen molar-refractivity contribution in [3.05, 3.63) is 11.6 Å². The molecule has 0 amide bonds. The molecule has 0 aromatic heterocycles. The highest BCUT2D eigenvalue weighted by Crippen LogP contribution is 2.59. The lowest BCUT2D eigenvalue weighted by Gasteiger charge is -2.56. The molecule has 3 heteroatoms. The van der Waals surface area contributed by atoms with Crippen LogP contribution in [0, 0.1) is 22.7 Å². The van der Waals surface area contributed by atoms with E-state index in [2.05, 4.69) is 38.8 Å². The first-order valence-corrected chi connectivity index (χ1v) is 7.49. The number of aliphatic imine (C=N–C) groups is 1. The van der Waals surface area contributed by atoms with Gasteiger partial charge >= 0.3 is 0 Å². The number of rotatable bonds is 2. The fourth-order valence-electron chi connectivity index (χ4n) is 4.69. The Balaban J connectivity index is 2.33. The summed E-state index contributed by atoms with van der Waals surface area (Å²) in [6, 6.07) is 0. The molecule has 0 heterocycles. The zero-order chi connectivity index (χ0) is 14.3. The van der Waals surface area contributed by atoms with Crippen LogP contribution in [0.25, 0.3) is 0 Å². The van der Waals surface area contributed by atoms with Crippen LogP contribution < -0.4 is 11.5 Å². The van der Waals surface area contributed by atoms with Gasteiger partial charge in [-0.2, -0.15) is 0 Å². The van der Waals surface area contributed by atoms with Crippen LogP contribution in [0.15, 0.2) is 16.6 Å². The molecule has 19 heavy (non-hydrogen) atoms. The number of nitrogens with two attached hydrogens (primary N) is 2. The molecule has 3 nitrogen and oxygen atoms in total. The van der Waals surface area contributed by atoms with Crippen molar-refractivity contribution in [2.75, 3.05) is 6.54 Å². The summed E-state index contributed by atoms with van der Waals surface area (Å²) in [4.78, 5) is 4.31. The lowest BCUT2D eigenvalue weighted by Crippen LogP contribution is -2.49. The maximum atomic E-state index is 5.53. The van der Waals surface area contributed by atoms with Gasteiger partial charge in [-0.25, -0.2) is 0 Å². The molecule has 1 saturated carbocycles. The number of guanidine groups is 1. The average molecular weight is 263 g/mol. The van der Waals surface area contributed by atoms with E-state index in [1.165, 1.54) is 31.3 Å². The zero-order valence-corrected chi connectivity index (χ0v) is 12.9. The quantitative estimate of drug-likeness (QED) is 0.457. The average Bonchev–Trinajstić information content (AvgIpc) is 2.26. The molecule has 0 aromatic rings. The Morgan fingerprint density at radius 2 is 2.00 bits per heavy atom. The Labute approximate surface area is 117 Å². The fraction of sp³-hybridized carbons (Fsp3) is 0.812. The molecule has 0 spiro atoms. The predicted molar refractivity (Wildman–Crippen MR) is 81.8 cm³/mol. The highest BCUT2D eigenvalue weighted by Gasteiger charge is 2.51. The van der Waals surface area contributed by atoms with Gasteiger partial charge in [-0.05, 0) is 42.9 Å². The topological polar surface area (TPSA) is 64.4 Å². The molecule has 0 unspecified atom stereocenters. The van der Waals surface area contributed by atoms with Crippen LogP contribution in [0.2, 0.25) is 0 Å². The second-order valence-corrected chi connectivity index (χ2v) is 7.40. The second-order valence-electron chi connectivity index (χ2n) is 7.40. The van der Waals surface area contributed by atoms with Gasteiger partial charge in [0.05, 0.1) is 0 Å². The molecule has 108 valence electrons. The number of allylic oxidation sites excluding steroid dienone is 1. The van der Waals surface area contributed by atoms with Crippen molar-refractivity contribution in [2.24, 2.45) is 39.1 Å². The van der Waals surface area contributed by atoms with Gasteiger partial charge in [0.2, 0.25) is 0 Å². The van der Waals surface area contributed by atoms with Crippen LogP contribution in [0.4, 0.5) is 0 Å². The molecule has 0 bridgehead atoms. The number of fused-ring (bicyclic) bond motifs is 1. The molecule has 4 N–H and O–H groups in total. The predicted octanol–water partition coefficient (Wildman–Crippen LogP) is 3.06. The Bertz CT molecular complexity index is 404. The smallest absolute Gasteiger partial charge is 0.185 e. The van der Waals surface area contributed by atoms with E-state index in [1.807, 2.05) is 0 Å². The van der Waals surface area contributed by atoms with Gasteiger partial charge < -0.3 is 11.5 Å². The van der Waals surface area contributed by atoms with Crippen LogP contribution in [0.1, 0.15) is 53.4 Å². The van der Waals surface area contributed by atoms with Crippen molar-refractivity contribution in [3.63, 3.8) is 0 Å². The maximum Gasteiger partial charge on any atom is 0.185 e. The second kappa shape index (κ2) is 4.84. The van der Waals surface area contributed by atoms with Crippen molar-refractivity contribution in [2.45, 2.75) is 53.4 Å². The van der Waals surface area contributed by atoms with Gasteiger partial charge in [0.15, 0.2) is 5.96 Å². The summed E-state index contributed by atoms with van der Waals surface area (Å²) in [5, 5.41) is 0. The normalized spacial score (nSPS) is 37.2. The Morgan fingerprint density at radius 1 is 1.32 bits per heavy atom. The minimum absolute atomic E-state index is 0.216. The van der Waals surface area contributed by atoms with Crippen molar-refractivity contribution in [1.82, 2.24) is 0 Å². The van der Waals surface area contributed by atoms with E-state index in [0.717, 1.165) is 12.5 Å². The Kier molecular flexibility index (Phi) is 3.67. The molecule has 2 aliphatic rings. The van der Waals surface area contributed by atoms with E-state index in [-0.39, 0.29) is 5.96 Å². The molecule has 2 rings (SSSR count). The molecule has 2 aliphatic carbocycles. The van der Waals surface area contributed by atoms with Crippen molar-refractivity contribution < 1.29 is 0 Å². The van der Waals surface area contributed by atoms with E-state index in [4.69, 9.17) is 11.5 Å². The Morgan fingerprint density at radius 3 is 2.63 bits per heavy atom. The van der Waals surface area contributed by atoms with Crippen molar-refractivity contribution in [3.8, 4) is 0 Å². The van der Waals surface area contributed by atoms with Crippen LogP contribution in [0.3, 0.4) is 0 Å². The lowest BCUT2D eigenvalue weighted by atomic mass is 9.49. The largest absolute Gasteiger partial charge is 0.370 e. The molecular formula is C16H29N3. The SMILES string of the molecule is CC1=CC[C@H]2C(C)(C)CCC[C@]2(C)[C@H]1CN=C(N)N. The van der Waals surface area contributed by atoms with Crippen LogP contribution >= 0.6 is 0 Å². The first kappa shape index (κ1) is 14.4. The minimum Gasteiger partial charge on any atom is -0.370 e. The van der Waals surface area contributed by atoms with Crippen LogP contribution in [-0.2, 0) is 0 Å². The monoisotopic (exact) mass is 263 g/mol. The van der Waals surface area contributed by atoms with E-state index < -0.39 is 0 Å². The van der Waals surface area contributed by atoms with E-state index >= 15 is 0 Å². The number of hydrogen-bond acceptors (Lipinski definition) is 1. The first-order chi connectivity index (χ1) is 8.77. The third-order valence-corrected chi connectivity index (χ3v) is 5.75. The van der Waals surface area contributed by atoms with Gasteiger partial charge in [-0.3, -0.25) is 4.99 Å². The highest BCUT2D eigenvalue weighted by atomic mass is 15.0. The molecule has 0 radical (unpaired) electrons. The fourth-order valence-corrected chi connectivity index (χ4v) is 4.69. The van der Waals surface area contributed by atoms with Crippen molar-refractivity contribution in [1.29, 1.82) is 0 Å². The summed E-state index contributed by atoms with van der Waals surface area (Å²) in [6.07, 6.45) is 7.61. The van der Waals surface area contributed by atoms with E-state index in [9.17, 15) is 0 Å². The van der Waals surface area contributed by atoms with Gasteiger partial charge in [0.1, 0.15) is 0 Å². The molecule has 0 aliphatic heterocycles. The molecule has 0 aromatic carbocycles. The Hall–Kier alpha value is -0.990. The highest BCUT2D eigenvalue weighted by molar-refractivity contribution is 5.75. The third-order valence-electron chi connectivity index (χ3n) is 5.75. The van der Waals surface area contributed by atoms with Gasteiger partial charge in [-0.15, -0.1) is 0 Å². The standard InChI is InChI=1S/C16H29N3/c1-11-6-7-13-15(2,3)8-5-9-16(13,4)12(11)10-19-14(17)18/h6,12-13H,5,7-10H2,1-4H3,(H4,17,18,19)/t12-,13-,16+/m0/s1. The van der Waals surface area contributed by atoms with Crippen molar-refractivity contribution >= 4 is 5.96 Å². The third kappa shape index (κ3) is 2.52. The lowest BCUT2D eigenvalue weighted by molar-refractivity contribution is -0.0342. The van der Waals surface area contributed by atoms with Gasteiger partial charge in [-0.1, -0.05) is 38.8 Å². The molecule has 3 atom stereocenters. The summed E-state index contributed by atoms with van der Waals surface area (Å²) in [6.45, 7) is 10.3. The zero-order valence-electron chi connectivity index (χ0n) is 12.9. The summed E-state index contributed by atoms with van der Waals surface area (Å²) in [5.41, 5.74) is 13.3. The summed E-state index contributed by atoms with van der Waals surface area (Å²) in [7, 11) is 0.